The molecule has 1 unspecified atom stereocenters. The topological polar surface area (TPSA) is 54.5 Å². The second kappa shape index (κ2) is 6.52. The Bertz CT molecular complexity index is 436. The molecule has 19 heavy (non-hydrogen) atoms. The molecule has 1 amide bonds. The van der Waals surface area contributed by atoms with Crippen LogP contribution in [0.3, 0.4) is 0 Å². The number of aromatic nitrogens is 1. The molecule has 1 N–H and O–H groups in total. The Hall–Kier alpha value is -1.62. The summed E-state index contributed by atoms with van der Waals surface area (Å²) in [6, 6.07) is 5.35. The average molecular weight is 263 g/mol. The number of anilines is 1. The summed E-state index contributed by atoms with van der Waals surface area (Å²) in [7, 11) is 1.99. The number of nitrogens with one attached hydrogen (secondary N) is 1. The number of likely N-dealkylation sites (N-methyl/N-ethyl adjacent to an activating group) is 1. The molecule has 5 heteroatoms. The Morgan fingerprint density at radius 3 is 3.11 bits per heavy atom. The molecule has 2 rings (SSSR count). The minimum Gasteiger partial charge on any atom is -0.478 e. The number of amides is 1. The van der Waals surface area contributed by atoms with Crippen molar-refractivity contribution < 1.29 is 9.53 Å². The van der Waals surface area contributed by atoms with E-state index in [0.29, 0.717) is 18.3 Å². The van der Waals surface area contributed by atoms with Crippen molar-refractivity contribution in [2.75, 3.05) is 25.5 Å². The normalized spacial score (nSPS) is 20.0. The second-order valence-electron chi connectivity index (χ2n) is 4.78. The van der Waals surface area contributed by atoms with Gasteiger partial charge >= 0.3 is 0 Å². The molecule has 1 atom stereocenters. The molecule has 1 fully saturated rings. The summed E-state index contributed by atoms with van der Waals surface area (Å²) in [5.41, 5.74) is 0. The van der Waals surface area contributed by atoms with Crippen LogP contribution in [-0.2, 0) is 4.79 Å². The van der Waals surface area contributed by atoms with Gasteiger partial charge in [-0.15, -0.1) is 0 Å². The zero-order chi connectivity index (χ0) is 13.7. The van der Waals surface area contributed by atoms with Crippen LogP contribution in [0.5, 0.6) is 5.88 Å². The van der Waals surface area contributed by atoms with Gasteiger partial charge in [-0.1, -0.05) is 12.5 Å². The predicted octanol–water partition coefficient (Wildman–Crippen LogP) is 1.90. The highest BCUT2D eigenvalue weighted by atomic mass is 16.5. The minimum absolute atomic E-state index is 0.0170. The van der Waals surface area contributed by atoms with Gasteiger partial charge in [-0.25, -0.2) is 0 Å². The van der Waals surface area contributed by atoms with Crippen molar-refractivity contribution in [2.24, 2.45) is 0 Å². The quantitative estimate of drug-likeness (QED) is 0.901. The standard InChI is InChI=1S/C14H21N3O2/c1-3-19-13-9-6-8-12(15-13)16-14(18)11-7-4-5-10-17(11)2/h6,8-9,11H,3-5,7,10H2,1-2H3,(H,15,16,18). The monoisotopic (exact) mass is 263 g/mol. The summed E-state index contributed by atoms with van der Waals surface area (Å²) >= 11 is 0. The smallest absolute Gasteiger partial charge is 0.242 e. The van der Waals surface area contributed by atoms with Crippen LogP contribution in [-0.4, -0.2) is 42.0 Å². The van der Waals surface area contributed by atoms with Crippen molar-refractivity contribution in [1.82, 2.24) is 9.88 Å². The average Bonchev–Trinajstić information content (AvgIpc) is 2.40. The lowest BCUT2D eigenvalue weighted by molar-refractivity contribution is -0.121. The number of hydrogen-bond donors (Lipinski definition) is 1. The molecular formula is C14H21N3O2. The van der Waals surface area contributed by atoms with Gasteiger partial charge in [-0.3, -0.25) is 9.69 Å². The Kier molecular flexibility index (Phi) is 4.74. The van der Waals surface area contributed by atoms with E-state index in [9.17, 15) is 4.79 Å². The minimum atomic E-state index is -0.0497. The van der Waals surface area contributed by atoms with Crippen molar-refractivity contribution in [3.05, 3.63) is 18.2 Å². The van der Waals surface area contributed by atoms with Crippen LogP contribution < -0.4 is 10.1 Å². The van der Waals surface area contributed by atoms with E-state index >= 15 is 0 Å². The van der Waals surface area contributed by atoms with Gasteiger partial charge in [0, 0.05) is 6.07 Å². The number of rotatable bonds is 4. The van der Waals surface area contributed by atoms with Crippen LogP contribution in [0.2, 0.25) is 0 Å². The number of carbonyl (C=O) groups excluding carboxylic acids is 1. The van der Waals surface area contributed by atoms with E-state index in [1.165, 1.54) is 6.42 Å². The first-order valence-electron chi connectivity index (χ1n) is 6.81. The molecule has 0 radical (unpaired) electrons. The molecule has 1 aromatic rings. The van der Waals surface area contributed by atoms with Crippen molar-refractivity contribution >= 4 is 11.7 Å². The fraction of sp³-hybridized carbons (Fsp3) is 0.571. The summed E-state index contributed by atoms with van der Waals surface area (Å²) in [6.07, 6.45) is 3.18. The van der Waals surface area contributed by atoms with Gasteiger partial charge in [0.15, 0.2) is 0 Å². The van der Waals surface area contributed by atoms with Crippen LogP contribution in [0.15, 0.2) is 18.2 Å². The predicted molar refractivity (Wildman–Crippen MR) is 74.3 cm³/mol. The van der Waals surface area contributed by atoms with Gasteiger partial charge in [-0.05, 0) is 39.4 Å². The summed E-state index contributed by atoms with van der Waals surface area (Å²) in [6.45, 7) is 3.45. The molecule has 0 bridgehead atoms. The number of pyridine rings is 1. The number of piperidine rings is 1. The van der Waals surface area contributed by atoms with E-state index in [0.717, 1.165) is 19.4 Å². The van der Waals surface area contributed by atoms with E-state index in [-0.39, 0.29) is 11.9 Å². The van der Waals surface area contributed by atoms with Crippen molar-refractivity contribution in [3.8, 4) is 5.88 Å². The third-order valence-electron chi connectivity index (χ3n) is 3.34. The molecule has 2 heterocycles. The maximum absolute atomic E-state index is 12.2. The molecule has 0 spiro atoms. The summed E-state index contributed by atoms with van der Waals surface area (Å²) in [5.74, 6) is 1.11. The molecule has 0 aliphatic carbocycles. The maximum Gasteiger partial charge on any atom is 0.242 e. The molecule has 1 aromatic heterocycles. The highest BCUT2D eigenvalue weighted by Crippen LogP contribution is 2.17. The van der Waals surface area contributed by atoms with E-state index in [4.69, 9.17) is 4.74 Å². The summed E-state index contributed by atoms with van der Waals surface area (Å²) in [5, 5.41) is 2.87. The van der Waals surface area contributed by atoms with Gasteiger partial charge in [0.05, 0.1) is 12.6 Å². The van der Waals surface area contributed by atoms with Crippen molar-refractivity contribution in [2.45, 2.75) is 32.2 Å². The molecule has 1 aliphatic heterocycles. The number of hydrogen-bond acceptors (Lipinski definition) is 4. The van der Waals surface area contributed by atoms with E-state index in [1.54, 1.807) is 12.1 Å². The van der Waals surface area contributed by atoms with Gasteiger partial charge < -0.3 is 10.1 Å². The molecule has 5 nitrogen and oxygen atoms in total. The van der Waals surface area contributed by atoms with Crippen molar-refractivity contribution in [1.29, 1.82) is 0 Å². The Morgan fingerprint density at radius 1 is 1.53 bits per heavy atom. The van der Waals surface area contributed by atoms with Crippen LogP contribution >= 0.6 is 0 Å². The first kappa shape index (κ1) is 13.8. The second-order valence-corrected chi connectivity index (χ2v) is 4.78. The van der Waals surface area contributed by atoms with Gasteiger partial charge in [0.2, 0.25) is 11.8 Å². The Labute approximate surface area is 114 Å². The maximum atomic E-state index is 12.2. The number of nitrogens with zero attached hydrogens (tertiary/aromatic N) is 2. The molecule has 104 valence electrons. The first-order chi connectivity index (χ1) is 9.20. The molecule has 0 aromatic carbocycles. The third kappa shape index (κ3) is 3.67. The SMILES string of the molecule is CCOc1cccc(NC(=O)C2CCCCN2C)n1. The highest BCUT2D eigenvalue weighted by Gasteiger charge is 2.25. The molecule has 1 saturated heterocycles. The van der Waals surface area contributed by atoms with E-state index in [2.05, 4.69) is 15.2 Å². The molecule has 1 aliphatic rings. The molecular weight excluding hydrogens is 242 g/mol. The van der Waals surface area contributed by atoms with E-state index in [1.807, 2.05) is 20.0 Å². The third-order valence-corrected chi connectivity index (χ3v) is 3.34. The number of carbonyl (C=O) groups is 1. The van der Waals surface area contributed by atoms with Crippen LogP contribution in [0.1, 0.15) is 26.2 Å². The van der Waals surface area contributed by atoms with Gasteiger partial charge in [0.25, 0.3) is 0 Å². The fourth-order valence-electron chi connectivity index (χ4n) is 2.33. The van der Waals surface area contributed by atoms with Crippen LogP contribution in [0, 0.1) is 0 Å². The lowest BCUT2D eigenvalue weighted by Gasteiger charge is -2.31. The Balaban J connectivity index is 1.99. The first-order valence-corrected chi connectivity index (χ1v) is 6.81. The lowest BCUT2D eigenvalue weighted by atomic mass is 10.0. The largest absolute Gasteiger partial charge is 0.478 e. The lowest BCUT2D eigenvalue weighted by Crippen LogP contribution is -2.44. The fourth-order valence-corrected chi connectivity index (χ4v) is 2.33. The van der Waals surface area contributed by atoms with Crippen LogP contribution in [0.4, 0.5) is 5.82 Å². The zero-order valence-corrected chi connectivity index (χ0v) is 11.6. The summed E-state index contributed by atoms with van der Waals surface area (Å²) < 4.78 is 5.32. The van der Waals surface area contributed by atoms with Crippen molar-refractivity contribution in [3.63, 3.8) is 0 Å². The summed E-state index contributed by atoms with van der Waals surface area (Å²) in [4.78, 5) is 18.6. The molecule has 0 saturated carbocycles. The van der Waals surface area contributed by atoms with Crippen LogP contribution in [0.25, 0.3) is 0 Å². The van der Waals surface area contributed by atoms with Gasteiger partial charge in [0.1, 0.15) is 5.82 Å². The van der Waals surface area contributed by atoms with E-state index < -0.39 is 0 Å². The zero-order valence-electron chi connectivity index (χ0n) is 11.6. The number of ether oxygens (including phenoxy) is 1. The highest BCUT2D eigenvalue weighted by molar-refractivity contribution is 5.94. The van der Waals surface area contributed by atoms with Gasteiger partial charge in [-0.2, -0.15) is 4.98 Å². The number of likely N-dealkylation sites (tertiary alicyclic amines) is 1. The Morgan fingerprint density at radius 2 is 2.37 bits per heavy atom.